The predicted molar refractivity (Wildman–Crippen MR) is 105 cm³/mol. The molecule has 9 heteroatoms. The highest BCUT2D eigenvalue weighted by Crippen LogP contribution is 2.40. The van der Waals surface area contributed by atoms with Gasteiger partial charge in [0.2, 0.25) is 11.8 Å². The van der Waals surface area contributed by atoms with Crippen LogP contribution >= 0.6 is 0 Å². The summed E-state index contributed by atoms with van der Waals surface area (Å²) in [5, 5.41) is 6.07. The standard InChI is InChI=1S/C21H21N3O6/c1-12-9-17(23-30-12)22-18(25)11-29-21(28)13-5-4-6-14(10-13)24-19(26)15-7-2-3-8-16(15)20(24)27/h4-6,9-10,15-16H,2-3,7-8,11H2,1H3,(H,22,23,25)/t15-,16+. The van der Waals surface area contributed by atoms with E-state index in [0.29, 0.717) is 24.3 Å². The number of aromatic nitrogens is 1. The molecule has 1 aliphatic heterocycles. The number of esters is 1. The number of anilines is 2. The van der Waals surface area contributed by atoms with Gasteiger partial charge in [0.05, 0.1) is 23.1 Å². The Bertz CT molecular complexity index is 990. The Kier molecular flexibility index (Phi) is 5.35. The Hall–Kier alpha value is -3.49. The number of carbonyl (C=O) groups is 4. The van der Waals surface area contributed by atoms with E-state index in [9.17, 15) is 19.2 Å². The van der Waals surface area contributed by atoms with Crippen LogP contribution < -0.4 is 10.2 Å². The largest absolute Gasteiger partial charge is 0.452 e. The molecule has 2 aromatic rings. The van der Waals surface area contributed by atoms with E-state index in [-0.39, 0.29) is 35.0 Å². The van der Waals surface area contributed by atoms with Crippen LogP contribution in [0.2, 0.25) is 0 Å². The van der Waals surface area contributed by atoms with E-state index in [2.05, 4.69) is 10.5 Å². The highest BCUT2D eigenvalue weighted by molar-refractivity contribution is 6.22. The molecule has 1 saturated carbocycles. The summed E-state index contributed by atoms with van der Waals surface area (Å²) in [4.78, 5) is 50.9. The summed E-state index contributed by atoms with van der Waals surface area (Å²) in [5.41, 5.74) is 0.490. The van der Waals surface area contributed by atoms with Gasteiger partial charge in [-0.3, -0.25) is 19.3 Å². The summed E-state index contributed by atoms with van der Waals surface area (Å²) in [6, 6.07) is 7.66. The number of nitrogens with zero attached hydrogens (tertiary/aromatic N) is 2. The summed E-state index contributed by atoms with van der Waals surface area (Å²) in [6.45, 7) is 1.17. The van der Waals surface area contributed by atoms with E-state index in [4.69, 9.17) is 9.26 Å². The highest BCUT2D eigenvalue weighted by Gasteiger charge is 2.48. The number of nitrogens with one attached hydrogen (secondary N) is 1. The van der Waals surface area contributed by atoms with Crippen molar-refractivity contribution < 1.29 is 28.4 Å². The van der Waals surface area contributed by atoms with Crippen molar-refractivity contribution in [1.82, 2.24) is 5.16 Å². The molecule has 9 nitrogen and oxygen atoms in total. The minimum atomic E-state index is -0.736. The van der Waals surface area contributed by atoms with Crippen LogP contribution in [0.25, 0.3) is 0 Å². The SMILES string of the molecule is Cc1cc(NC(=O)COC(=O)c2cccc(N3C(=O)[C@H]4CCCC[C@H]4C3=O)c2)no1. The number of ether oxygens (including phenoxy) is 1. The second-order valence-corrected chi connectivity index (χ2v) is 7.51. The summed E-state index contributed by atoms with van der Waals surface area (Å²) < 4.78 is 9.88. The van der Waals surface area contributed by atoms with E-state index in [1.54, 1.807) is 19.1 Å². The number of benzene rings is 1. The van der Waals surface area contributed by atoms with Crippen LogP contribution in [0.5, 0.6) is 0 Å². The fraction of sp³-hybridized carbons (Fsp3) is 0.381. The van der Waals surface area contributed by atoms with E-state index in [0.717, 1.165) is 12.8 Å². The van der Waals surface area contributed by atoms with Crippen LogP contribution in [0.1, 0.15) is 41.8 Å². The van der Waals surface area contributed by atoms with Gasteiger partial charge in [-0.15, -0.1) is 0 Å². The van der Waals surface area contributed by atoms with Gasteiger partial charge < -0.3 is 14.6 Å². The first kappa shape index (κ1) is 19.8. The van der Waals surface area contributed by atoms with Crippen molar-refractivity contribution in [2.24, 2.45) is 11.8 Å². The minimum Gasteiger partial charge on any atom is -0.452 e. The Labute approximate surface area is 172 Å². The van der Waals surface area contributed by atoms with Gasteiger partial charge in [-0.2, -0.15) is 0 Å². The number of imide groups is 1. The molecule has 1 aliphatic carbocycles. The third kappa shape index (κ3) is 3.83. The van der Waals surface area contributed by atoms with Crippen LogP contribution in [0.15, 0.2) is 34.9 Å². The molecule has 2 aliphatic rings. The summed E-state index contributed by atoms with van der Waals surface area (Å²) in [6.07, 6.45) is 3.31. The number of amides is 3. The van der Waals surface area contributed by atoms with Gasteiger partial charge in [-0.1, -0.05) is 24.1 Å². The van der Waals surface area contributed by atoms with Gasteiger partial charge in [-0.05, 0) is 38.0 Å². The van der Waals surface area contributed by atoms with Gasteiger partial charge in [0.25, 0.3) is 5.91 Å². The number of aryl methyl sites for hydroxylation is 1. The lowest BCUT2D eigenvalue weighted by Gasteiger charge is -2.19. The number of rotatable bonds is 5. The van der Waals surface area contributed by atoms with Gasteiger partial charge >= 0.3 is 5.97 Å². The zero-order valence-corrected chi connectivity index (χ0v) is 16.4. The maximum Gasteiger partial charge on any atom is 0.338 e. The number of hydrogen-bond donors (Lipinski definition) is 1. The van der Waals surface area contributed by atoms with Crippen molar-refractivity contribution in [1.29, 1.82) is 0 Å². The van der Waals surface area contributed by atoms with Gasteiger partial charge in [0, 0.05) is 6.07 Å². The van der Waals surface area contributed by atoms with Crippen molar-refractivity contribution in [3.8, 4) is 0 Å². The molecular weight excluding hydrogens is 390 g/mol. The topological polar surface area (TPSA) is 119 Å². The number of hydrogen-bond acceptors (Lipinski definition) is 7. The average molecular weight is 411 g/mol. The second-order valence-electron chi connectivity index (χ2n) is 7.51. The van der Waals surface area contributed by atoms with Gasteiger partial charge in [0.1, 0.15) is 5.76 Å². The van der Waals surface area contributed by atoms with Crippen molar-refractivity contribution in [2.45, 2.75) is 32.6 Å². The van der Waals surface area contributed by atoms with Crippen LogP contribution in [-0.2, 0) is 19.1 Å². The number of fused-ring (bicyclic) bond motifs is 1. The molecule has 4 rings (SSSR count). The molecule has 2 atom stereocenters. The zero-order chi connectivity index (χ0) is 21.3. The maximum absolute atomic E-state index is 12.7. The van der Waals surface area contributed by atoms with E-state index in [1.807, 2.05) is 0 Å². The van der Waals surface area contributed by atoms with E-state index < -0.39 is 18.5 Å². The lowest BCUT2D eigenvalue weighted by Crippen LogP contribution is -2.31. The lowest BCUT2D eigenvalue weighted by atomic mass is 9.81. The van der Waals surface area contributed by atoms with Gasteiger partial charge in [0.15, 0.2) is 12.4 Å². The van der Waals surface area contributed by atoms with Crippen molar-refractivity contribution >= 4 is 35.2 Å². The molecule has 0 bridgehead atoms. The molecule has 0 radical (unpaired) electrons. The first-order valence-corrected chi connectivity index (χ1v) is 9.82. The Morgan fingerprint density at radius 2 is 1.87 bits per heavy atom. The molecule has 0 unspecified atom stereocenters. The molecule has 1 N–H and O–H groups in total. The number of carbonyl (C=O) groups excluding carboxylic acids is 4. The smallest absolute Gasteiger partial charge is 0.338 e. The van der Waals surface area contributed by atoms with Crippen LogP contribution in [0, 0.1) is 18.8 Å². The lowest BCUT2D eigenvalue weighted by molar-refractivity contribution is -0.122. The minimum absolute atomic E-state index is 0.146. The highest BCUT2D eigenvalue weighted by atomic mass is 16.5. The van der Waals surface area contributed by atoms with Crippen LogP contribution in [0.4, 0.5) is 11.5 Å². The fourth-order valence-electron chi connectivity index (χ4n) is 4.01. The molecule has 30 heavy (non-hydrogen) atoms. The molecule has 1 saturated heterocycles. The third-order valence-corrected chi connectivity index (χ3v) is 5.41. The first-order valence-electron chi connectivity index (χ1n) is 9.82. The summed E-state index contributed by atoms with van der Waals surface area (Å²) in [7, 11) is 0. The average Bonchev–Trinajstić information content (AvgIpc) is 3.27. The molecule has 1 aromatic heterocycles. The van der Waals surface area contributed by atoms with Crippen LogP contribution in [0.3, 0.4) is 0 Å². The molecular formula is C21H21N3O6. The molecule has 2 fully saturated rings. The third-order valence-electron chi connectivity index (χ3n) is 5.41. The normalized spacial score (nSPS) is 20.8. The summed E-state index contributed by atoms with van der Waals surface area (Å²) in [5.74, 6) is -1.51. The van der Waals surface area contributed by atoms with Gasteiger partial charge in [-0.25, -0.2) is 4.79 Å². The summed E-state index contributed by atoms with van der Waals surface area (Å²) >= 11 is 0. The van der Waals surface area contributed by atoms with Crippen molar-refractivity contribution in [2.75, 3.05) is 16.8 Å². The van der Waals surface area contributed by atoms with Crippen molar-refractivity contribution in [3.63, 3.8) is 0 Å². The Morgan fingerprint density at radius 3 is 2.50 bits per heavy atom. The predicted octanol–water partition coefficient (Wildman–Crippen LogP) is 2.46. The molecule has 0 spiro atoms. The quantitative estimate of drug-likeness (QED) is 0.593. The fourth-order valence-corrected chi connectivity index (χ4v) is 4.01. The molecule has 1 aromatic carbocycles. The second kappa shape index (κ2) is 8.10. The monoisotopic (exact) mass is 411 g/mol. The van der Waals surface area contributed by atoms with Crippen LogP contribution in [-0.4, -0.2) is 35.5 Å². The zero-order valence-electron chi connectivity index (χ0n) is 16.4. The maximum atomic E-state index is 12.7. The van der Waals surface area contributed by atoms with E-state index in [1.165, 1.54) is 23.1 Å². The van der Waals surface area contributed by atoms with Crippen molar-refractivity contribution in [3.05, 3.63) is 41.7 Å². The molecule has 3 amide bonds. The Morgan fingerprint density at radius 1 is 1.17 bits per heavy atom. The molecule has 156 valence electrons. The molecule has 2 heterocycles. The first-order chi connectivity index (χ1) is 14.4. The van der Waals surface area contributed by atoms with E-state index >= 15 is 0 Å². The Balaban J connectivity index is 1.41.